The second-order valence-electron chi connectivity index (χ2n) is 16.4. The number of ether oxygens (including phenoxy) is 2. The van der Waals surface area contributed by atoms with Crippen LogP contribution in [0.3, 0.4) is 0 Å². The molecule has 7 rings (SSSR count). The van der Waals surface area contributed by atoms with Crippen LogP contribution in [0.5, 0.6) is 0 Å². The van der Waals surface area contributed by atoms with Crippen molar-refractivity contribution in [3.05, 3.63) is 58.1 Å². The minimum Gasteiger partial charge on any atom is -0.456 e. The van der Waals surface area contributed by atoms with Gasteiger partial charge in [0, 0.05) is 43.6 Å². The van der Waals surface area contributed by atoms with E-state index in [4.69, 9.17) is 9.47 Å². The van der Waals surface area contributed by atoms with E-state index in [1.165, 1.54) is 10.4 Å². The van der Waals surface area contributed by atoms with E-state index in [2.05, 4.69) is 4.98 Å². The average molecular weight is 788 g/mol. The van der Waals surface area contributed by atoms with Crippen molar-refractivity contribution in [2.45, 2.75) is 89.8 Å². The van der Waals surface area contributed by atoms with Gasteiger partial charge in [0.2, 0.25) is 5.91 Å². The van der Waals surface area contributed by atoms with Crippen molar-refractivity contribution in [1.29, 1.82) is 0 Å². The van der Waals surface area contributed by atoms with E-state index in [0.717, 1.165) is 17.4 Å². The van der Waals surface area contributed by atoms with Gasteiger partial charge in [0.1, 0.15) is 16.5 Å². The van der Waals surface area contributed by atoms with Gasteiger partial charge in [0.25, 0.3) is 0 Å². The Kier molecular flexibility index (Phi) is 9.75. The van der Waals surface area contributed by atoms with E-state index in [1.54, 1.807) is 39.0 Å². The summed E-state index contributed by atoms with van der Waals surface area (Å²) in [5, 5.41) is 0. The normalized spacial score (nSPS) is 23.9. The van der Waals surface area contributed by atoms with E-state index in [9.17, 15) is 44.7 Å². The largest absolute Gasteiger partial charge is 0.456 e. The van der Waals surface area contributed by atoms with Gasteiger partial charge in [-0.15, -0.1) is 11.3 Å². The highest BCUT2D eigenvalue weighted by Gasteiger charge is 2.71. The number of halogens is 8. The molecule has 0 bridgehead atoms. The van der Waals surface area contributed by atoms with Crippen LogP contribution >= 0.6 is 11.3 Å². The van der Waals surface area contributed by atoms with Gasteiger partial charge in [-0.1, -0.05) is 18.2 Å². The summed E-state index contributed by atoms with van der Waals surface area (Å²) in [6, 6.07) is 6.24. The van der Waals surface area contributed by atoms with Crippen molar-refractivity contribution < 1.29 is 54.2 Å². The number of hydrogen-bond donors (Lipinski definition) is 0. The molecule has 7 nitrogen and oxygen atoms in total. The minimum atomic E-state index is -4.67. The molecule has 16 heteroatoms. The third-order valence-electron chi connectivity index (χ3n) is 11.6. The Morgan fingerprint density at radius 1 is 0.981 bits per heavy atom. The van der Waals surface area contributed by atoms with Crippen LogP contribution in [0.25, 0.3) is 10.2 Å². The lowest BCUT2D eigenvalue weighted by Crippen LogP contribution is -2.65. The number of likely N-dealkylation sites (tertiary alicyclic amines) is 1. The Hall–Kier alpha value is -3.53. The van der Waals surface area contributed by atoms with Crippen molar-refractivity contribution >= 4 is 39.1 Å². The van der Waals surface area contributed by atoms with Crippen LogP contribution in [0.2, 0.25) is 0 Å². The summed E-state index contributed by atoms with van der Waals surface area (Å²) in [7, 11) is 0. The molecule has 1 atom stereocenters. The summed E-state index contributed by atoms with van der Waals surface area (Å²) in [4.78, 5) is 33.9. The van der Waals surface area contributed by atoms with Crippen LogP contribution in [-0.4, -0.2) is 72.5 Å². The predicted molar refractivity (Wildman–Crippen MR) is 184 cm³/mol. The average Bonchev–Trinajstić information content (AvgIpc) is 3.61. The number of alkyl halides is 6. The fraction of sp³-hybridized carbons (Fsp3) is 0.605. The number of anilines is 1. The molecule has 1 aromatic heterocycles. The standard InChI is InChI=1S/C38H41F8N3O4S/c1-34(2,3)53-32(50)28-22(5-4-6-25(28)21-7-9-23(10-8-21)37(41,42)43)15-52-16-24-14-48(27-13-26(39)29(40)30-31(27)54-20-47-30)17-35(24)18-49(19-35)33(51)36(11-12-36)38(44,45)46/h4-6,13,20-21,23-24H,7-12,14-19H2,1-3H3/t21?,23?,24-/m0/s1. The van der Waals surface area contributed by atoms with Crippen LogP contribution in [0.1, 0.15) is 86.7 Å². The maximum atomic E-state index is 14.8. The summed E-state index contributed by atoms with van der Waals surface area (Å²) >= 11 is 1.13. The number of fused-ring (bicyclic) bond motifs is 1. The molecule has 3 heterocycles. The predicted octanol–water partition coefficient (Wildman–Crippen LogP) is 9.19. The Labute approximate surface area is 311 Å². The van der Waals surface area contributed by atoms with Gasteiger partial charge in [-0.3, -0.25) is 4.79 Å². The Balaban J connectivity index is 1.13. The maximum Gasteiger partial charge on any atom is 0.403 e. The first-order valence-electron chi connectivity index (χ1n) is 18.0. The van der Waals surface area contributed by atoms with Crippen LogP contribution in [0, 0.1) is 34.3 Å². The van der Waals surface area contributed by atoms with Gasteiger partial charge in [-0.2, -0.15) is 26.3 Å². The van der Waals surface area contributed by atoms with Crippen LogP contribution < -0.4 is 4.90 Å². The molecule has 2 aromatic carbocycles. The lowest BCUT2D eigenvalue weighted by molar-refractivity contribution is -0.205. The third-order valence-corrected chi connectivity index (χ3v) is 12.5. The van der Waals surface area contributed by atoms with E-state index >= 15 is 0 Å². The van der Waals surface area contributed by atoms with Gasteiger partial charge in [-0.25, -0.2) is 18.6 Å². The third kappa shape index (κ3) is 7.05. The van der Waals surface area contributed by atoms with Crippen LogP contribution in [0.4, 0.5) is 40.8 Å². The van der Waals surface area contributed by atoms with Gasteiger partial charge in [0.15, 0.2) is 11.6 Å². The van der Waals surface area contributed by atoms with E-state index in [1.807, 2.05) is 4.90 Å². The summed E-state index contributed by atoms with van der Waals surface area (Å²) in [6.45, 7) is 5.62. The lowest BCUT2D eigenvalue weighted by Gasteiger charge is -2.52. The zero-order valence-electron chi connectivity index (χ0n) is 30.0. The number of thiazole rings is 1. The number of esters is 1. The van der Waals surface area contributed by atoms with E-state index < -0.39 is 58.2 Å². The fourth-order valence-corrected chi connectivity index (χ4v) is 9.42. The quantitative estimate of drug-likeness (QED) is 0.168. The molecule has 0 N–H and O–H groups in total. The maximum absolute atomic E-state index is 14.8. The molecular weight excluding hydrogens is 746 g/mol. The Morgan fingerprint density at radius 3 is 2.28 bits per heavy atom. The topological polar surface area (TPSA) is 72.0 Å². The van der Waals surface area contributed by atoms with Crippen molar-refractivity contribution in [3.63, 3.8) is 0 Å². The Bertz CT molecular complexity index is 1920. The highest BCUT2D eigenvalue weighted by molar-refractivity contribution is 7.17. The zero-order valence-corrected chi connectivity index (χ0v) is 30.8. The first-order valence-corrected chi connectivity index (χ1v) is 18.9. The fourth-order valence-electron chi connectivity index (χ4n) is 8.59. The van der Waals surface area contributed by atoms with Gasteiger partial charge >= 0.3 is 18.3 Å². The van der Waals surface area contributed by atoms with Crippen LogP contribution in [0.15, 0.2) is 29.8 Å². The van der Waals surface area contributed by atoms with E-state index in [0.29, 0.717) is 21.5 Å². The molecule has 2 saturated heterocycles. The zero-order chi connectivity index (χ0) is 39.0. The SMILES string of the molecule is CC(C)(C)OC(=O)c1c(COC[C@@H]2CN(c3cc(F)c(F)c4ncsc34)CC23CN(C(=O)C2(C(F)(F)F)CC2)C3)cccc1C1CCC(C(F)(F)F)CC1. The monoisotopic (exact) mass is 787 g/mol. The van der Waals surface area contributed by atoms with Gasteiger partial charge in [0.05, 0.1) is 40.6 Å². The molecule has 4 aliphatic rings. The Morgan fingerprint density at radius 2 is 1.67 bits per heavy atom. The lowest BCUT2D eigenvalue weighted by atomic mass is 9.71. The first-order chi connectivity index (χ1) is 25.2. The van der Waals surface area contributed by atoms with Crippen molar-refractivity contribution in [2.24, 2.45) is 22.7 Å². The molecule has 0 radical (unpaired) electrons. The number of hydrogen-bond acceptors (Lipinski definition) is 7. The number of nitrogens with zero attached hydrogens (tertiary/aromatic N) is 3. The minimum absolute atomic E-state index is 0.0168. The van der Waals surface area contributed by atoms with Crippen molar-refractivity contribution in [2.75, 3.05) is 37.7 Å². The number of carbonyl (C=O) groups is 2. The summed E-state index contributed by atoms with van der Waals surface area (Å²) in [6.07, 6.45) is -9.12. The summed E-state index contributed by atoms with van der Waals surface area (Å²) in [5.41, 5.74) is -1.01. The van der Waals surface area contributed by atoms with Crippen molar-refractivity contribution in [1.82, 2.24) is 9.88 Å². The first kappa shape index (κ1) is 38.7. The molecule has 54 heavy (non-hydrogen) atoms. The molecule has 2 aliphatic carbocycles. The number of benzene rings is 2. The molecule has 0 unspecified atom stereocenters. The molecule has 1 spiro atoms. The number of carbonyl (C=O) groups excluding carboxylic acids is 2. The van der Waals surface area contributed by atoms with Crippen LogP contribution in [-0.2, 0) is 20.9 Å². The molecule has 1 amide bonds. The highest BCUT2D eigenvalue weighted by Crippen LogP contribution is 2.60. The van der Waals surface area contributed by atoms with Crippen molar-refractivity contribution in [3.8, 4) is 0 Å². The molecule has 3 aromatic rings. The second-order valence-corrected chi connectivity index (χ2v) is 17.2. The molecule has 2 aliphatic heterocycles. The molecule has 294 valence electrons. The molecule has 4 fully saturated rings. The second kappa shape index (κ2) is 13.6. The number of amides is 1. The van der Waals surface area contributed by atoms with Gasteiger partial charge < -0.3 is 19.3 Å². The van der Waals surface area contributed by atoms with Gasteiger partial charge in [-0.05, 0) is 76.3 Å². The summed E-state index contributed by atoms with van der Waals surface area (Å²) in [5.74, 6) is -5.83. The number of aromatic nitrogens is 1. The smallest absolute Gasteiger partial charge is 0.403 e. The van der Waals surface area contributed by atoms with E-state index in [-0.39, 0.29) is 101 Å². The number of rotatable bonds is 8. The molecular formula is C38H41F8N3O4S. The molecule has 2 saturated carbocycles. The highest BCUT2D eigenvalue weighted by atomic mass is 32.1. The summed E-state index contributed by atoms with van der Waals surface area (Å²) < 4.78 is 124.